The van der Waals surface area contributed by atoms with Crippen LogP contribution in [0.1, 0.15) is 244 Å². The zero-order chi connectivity index (χ0) is 80.0. The van der Waals surface area contributed by atoms with E-state index in [1.54, 1.807) is 60.3 Å². The van der Waals surface area contributed by atoms with E-state index in [0.29, 0.717) is 9.79 Å². The summed E-state index contributed by atoms with van der Waals surface area (Å²) < 4.78 is 30.2. The average Bonchev–Trinajstić information content (AvgIpc) is 0.823. The standard InChI is InChI=1S/C17H20.C15H16.C14H14O2S.C14H14O.C14H14S.2C12H12.C8H10.16CH4/c1-13-5-9-15(10-6-13)17(3,4)16-11-7-14(2)8-12-16;1-12-3-7-14(8-4-12)11-15-9-5-13(2)6-10-15;1-11-3-7-13(8-4-11)17(15,16)14-9-5-12(2)6-10-14;2*1-11-3-7-13(8-4-11)15-14-9-5-12(2)6-10-14;1-9-5-3-8-12-10(2)6-4-7-11(9)12;1-9-7-8-10(2)12-6-4-3-5-11(9)12;1-7-3-5-8(2)6-4-7;;;;;;;;;;;;;;;;/h5-12H,1-4H3;3-10H,11H2,1-2H3;3-10H,1-2H3;2*3-10H,1-2H3;2*3-8H,1-2H3;3-6H,1-2H3;16*1H4. The highest BCUT2D eigenvalue weighted by Gasteiger charge is 2.23. The van der Waals surface area contributed by atoms with Gasteiger partial charge >= 0.3 is 0 Å². The number of benzene rings is 15. The smallest absolute Gasteiger partial charge is 0.206 e. The lowest BCUT2D eigenvalue weighted by molar-refractivity contribution is 0.482. The van der Waals surface area contributed by atoms with E-state index in [1.165, 1.54) is 131 Å². The SMILES string of the molecule is C.C.C.C.C.C.C.C.C.C.C.C.C.C.C.C.Cc1ccc(C(C)(C)c2ccc(C)cc2)cc1.Cc1ccc(C)c2ccccc12.Cc1ccc(C)cc1.Cc1ccc(Cc2ccc(C)cc2)cc1.Cc1ccc(Oc2ccc(C)cc2)cc1.Cc1ccc(S(=O)(=O)c2ccc(C)cc2)cc1.Cc1ccc(Sc2ccc(C)cc2)cc1.Cc1cccc2c(C)cccc12. The molecular formula is C122H176O3S2. The van der Waals surface area contributed by atoms with Crippen LogP contribution in [0.15, 0.2) is 359 Å². The molecule has 0 spiro atoms. The maximum absolute atomic E-state index is 12.3. The van der Waals surface area contributed by atoms with E-state index in [4.69, 9.17) is 4.74 Å². The molecule has 15 rings (SSSR count). The first-order valence-electron chi connectivity index (χ1n) is 38.3. The van der Waals surface area contributed by atoms with Crippen LogP contribution in [0.2, 0.25) is 0 Å². The molecule has 0 saturated heterocycles. The summed E-state index contributed by atoms with van der Waals surface area (Å²) in [5.74, 6) is 1.76. The van der Waals surface area contributed by atoms with Crippen molar-refractivity contribution in [3.63, 3.8) is 0 Å². The first-order valence-corrected chi connectivity index (χ1v) is 40.6. The van der Waals surface area contributed by atoms with Crippen LogP contribution in [0.3, 0.4) is 0 Å². The number of hydrogen-bond acceptors (Lipinski definition) is 4. The van der Waals surface area contributed by atoms with Crippen molar-refractivity contribution in [3.8, 4) is 11.5 Å². The number of sulfone groups is 1. The lowest BCUT2D eigenvalue weighted by Crippen LogP contribution is -2.18. The minimum atomic E-state index is -3.37. The molecule has 0 atom stereocenters. The molecule has 15 aromatic carbocycles. The van der Waals surface area contributed by atoms with Gasteiger partial charge in [-0.1, -0.05) is 478 Å². The van der Waals surface area contributed by atoms with Crippen LogP contribution in [-0.2, 0) is 21.7 Å². The van der Waals surface area contributed by atoms with E-state index in [9.17, 15) is 8.42 Å². The highest BCUT2D eigenvalue weighted by Crippen LogP contribution is 2.33. The minimum absolute atomic E-state index is 0. The van der Waals surface area contributed by atoms with Gasteiger partial charge in [-0.05, 0) is 256 Å². The second-order valence-electron chi connectivity index (χ2n) is 29.7. The zero-order valence-electron chi connectivity index (χ0n) is 68.6. The number of aryl methyl sites for hydroxylation is 16. The molecule has 694 valence electrons. The summed E-state index contributed by atoms with van der Waals surface area (Å²) in [5, 5.41) is 5.49. The fraction of sp³-hybridized carbons (Fsp3) is 0.295. The predicted molar refractivity (Wildman–Crippen MR) is 587 cm³/mol. The zero-order valence-corrected chi connectivity index (χ0v) is 70.2. The minimum Gasteiger partial charge on any atom is -0.457 e. The van der Waals surface area contributed by atoms with Crippen LogP contribution in [-0.4, -0.2) is 8.42 Å². The first-order chi connectivity index (χ1) is 53.1. The number of hydrogen-bond donors (Lipinski definition) is 0. The van der Waals surface area contributed by atoms with Crippen molar-refractivity contribution < 1.29 is 13.2 Å². The van der Waals surface area contributed by atoms with E-state index in [0.717, 1.165) is 29.0 Å². The molecule has 0 fully saturated rings. The third-order valence-electron chi connectivity index (χ3n) is 19.4. The summed E-state index contributed by atoms with van der Waals surface area (Å²) in [6.45, 7) is 38.1. The highest BCUT2D eigenvalue weighted by atomic mass is 32.2. The van der Waals surface area contributed by atoms with Crippen molar-refractivity contribution in [2.24, 2.45) is 0 Å². The van der Waals surface area contributed by atoms with Gasteiger partial charge in [0.05, 0.1) is 9.79 Å². The van der Waals surface area contributed by atoms with E-state index in [-0.39, 0.29) is 124 Å². The van der Waals surface area contributed by atoms with Gasteiger partial charge in [-0.2, -0.15) is 0 Å². The summed E-state index contributed by atoms with van der Waals surface area (Å²) in [4.78, 5) is 3.27. The van der Waals surface area contributed by atoms with Gasteiger partial charge in [0.15, 0.2) is 0 Å². The quantitative estimate of drug-likeness (QED) is 0.137. The first kappa shape index (κ1) is 134. The molecule has 15 aromatic rings. The van der Waals surface area contributed by atoms with Gasteiger partial charge in [0.25, 0.3) is 0 Å². The number of rotatable bonds is 10. The number of fused-ring (bicyclic) bond motifs is 2. The van der Waals surface area contributed by atoms with Crippen LogP contribution in [0, 0.1) is 111 Å². The predicted octanol–water partition coefficient (Wildman–Crippen LogP) is 39.6. The Morgan fingerprint density at radius 2 is 0.409 bits per heavy atom. The molecule has 0 aliphatic rings. The van der Waals surface area contributed by atoms with Crippen LogP contribution in [0.4, 0.5) is 0 Å². The third kappa shape index (κ3) is 43.8. The highest BCUT2D eigenvalue weighted by molar-refractivity contribution is 7.99. The molecule has 5 heteroatoms. The van der Waals surface area contributed by atoms with Crippen LogP contribution in [0.5, 0.6) is 11.5 Å². The summed E-state index contributed by atoms with van der Waals surface area (Å²) in [6.07, 6.45) is 1.03. The van der Waals surface area contributed by atoms with Gasteiger partial charge in [-0.3, -0.25) is 0 Å². The molecule has 0 radical (unpaired) electrons. The van der Waals surface area contributed by atoms with Gasteiger partial charge in [0.2, 0.25) is 9.84 Å². The molecule has 0 aliphatic carbocycles. The molecule has 0 amide bonds. The van der Waals surface area contributed by atoms with Crippen LogP contribution in [0.25, 0.3) is 21.5 Å². The average molecular weight is 1750 g/mol. The molecule has 0 N–H and O–H groups in total. The van der Waals surface area contributed by atoms with Gasteiger partial charge in [0.1, 0.15) is 11.5 Å². The lowest BCUT2D eigenvalue weighted by Gasteiger charge is -2.26. The van der Waals surface area contributed by atoms with Crippen molar-refractivity contribution in [1.29, 1.82) is 0 Å². The van der Waals surface area contributed by atoms with E-state index < -0.39 is 9.84 Å². The van der Waals surface area contributed by atoms with Crippen molar-refractivity contribution in [1.82, 2.24) is 0 Å². The molecule has 0 aliphatic heterocycles. The Labute approximate surface area is 788 Å². The topological polar surface area (TPSA) is 43.4 Å². The Morgan fingerprint density at radius 1 is 0.220 bits per heavy atom. The maximum atomic E-state index is 12.3. The molecule has 0 unspecified atom stereocenters. The van der Waals surface area contributed by atoms with E-state index >= 15 is 0 Å². The second-order valence-corrected chi connectivity index (χ2v) is 32.8. The maximum Gasteiger partial charge on any atom is 0.206 e. The Morgan fingerprint density at radius 3 is 0.654 bits per heavy atom. The Kier molecular flexibility index (Phi) is 70.0. The molecule has 127 heavy (non-hydrogen) atoms. The van der Waals surface area contributed by atoms with E-state index in [2.05, 4.69) is 353 Å². The van der Waals surface area contributed by atoms with Crippen LogP contribution < -0.4 is 4.74 Å². The van der Waals surface area contributed by atoms with Crippen molar-refractivity contribution >= 4 is 43.1 Å². The van der Waals surface area contributed by atoms with Gasteiger partial charge in [0, 0.05) is 15.2 Å². The van der Waals surface area contributed by atoms with Crippen molar-refractivity contribution in [2.75, 3.05) is 0 Å². The summed E-state index contributed by atoms with van der Waals surface area (Å²) in [7, 11) is -3.37. The Balaban J connectivity index is -0.000000177. The summed E-state index contributed by atoms with van der Waals surface area (Å²) >= 11 is 1.80. The van der Waals surface area contributed by atoms with Crippen molar-refractivity contribution in [2.45, 2.75) is 275 Å². The second kappa shape index (κ2) is 66.4. The van der Waals surface area contributed by atoms with Crippen LogP contribution >= 0.6 is 11.8 Å². The lowest BCUT2D eigenvalue weighted by atomic mass is 9.78. The largest absolute Gasteiger partial charge is 0.457 e. The van der Waals surface area contributed by atoms with Gasteiger partial charge in [-0.25, -0.2) is 8.42 Å². The fourth-order valence-corrected chi connectivity index (χ4v) is 14.0. The molecular weight excluding hydrogens is 1580 g/mol. The molecule has 0 heterocycles. The molecule has 0 saturated carbocycles. The Bertz CT molecular complexity index is 4840. The molecule has 0 aromatic heterocycles. The molecule has 3 nitrogen and oxygen atoms in total. The van der Waals surface area contributed by atoms with Crippen molar-refractivity contribution in [3.05, 3.63) is 451 Å². The molecule has 0 bridgehead atoms. The van der Waals surface area contributed by atoms with Gasteiger partial charge in [-0.15, -0.1) is 0 Å². The Hall–Kier alpha value is -11.1. The van der Waals surface area contributed by atoms with E-state index in [1.807, 2.05) is 62.4 Å². The third-order valence-corrected chi connectivity index (χ3v) is 22.2. The number of ether oxygens (including phenoxy) is 1. The summed E-state index contributed by atoms with van der Waals surface area (Å²) in [5.41, 5.74) is 26.1. The monoisotopic (exact) mass is 1750 g/mol. The van der Waals surface area contributed by atoms with Gasteiger partial charge < -0.3 is 4.74 Å². The summed E-state index contributed by atoms with van der Waals surface area (Å²) in [6, 6.07) is 117. The fourth-order valence-electron chi connectivity index (χ4n) is 11.9. The normalized spacial score (nSPS) is 9.24.